The molecule has 0 bridgehead atoms. The molecule has 20 heavy (non-hydrogen) atoms. The maximum absolute atomic E-state index is 12.1. The second kappa shape index (κ2) is 5.26. The topological polar surface area (TPSA) is 64.6 Å². The third kappa shape index (κ3) is 2.62. The average molecular weight is 297 g/mol. The molecule has 1 atom stereocenters. The number of ether oxygens (including phenoxy) is 2. The molecule has 6 heteroatoms. The van der Waals surface area contributed by atoms with Crippen LogP contribution in [-0.2, 0) is 16.3 Å². The van der Waals surface area contributed by atoms with Crippen molar-refractivity contribution in [2.45, 2.75) is 30.2 Å². The number of nitrogens with one attached hydrogen (secondary N) is 1. The summed E-state index contributed by atoms with van der Waals surface area (Å²) in [6.07, 6.45) is 4.16. The lowest BCUT2D eigenvalue weighted by Crippen LogP contribution is -2.25. The second-order valence-corrected chi connectivity index (χ2v) is 7.30. The van der Waals surface area contributed by atoms with Gasteiger partial charge in [-0.05, 0) is 37.4 Å². The van der Waals surface area contributed by atoms with Crippen LogP contribution >= 0.6 is 0 Å². The average Bonchev–Trinajstić information content (AvgIpc) is 2.90. The molecule has 1 saturated heterocycles. The largest absolute Gasteiger partial charge is 0.486 e. The Morgan fingerprint density at radius 3 is 2.80 bits per heavy atom. The molecular formula is C14H19NO4S. The fourth-order valence-electron chi connectivity index (χ4n) is 2.89. The van der Waals surface area contributed by atoms with E-state index in [4.69, 9.17) is 9.47 Å². The van der Waals surface area contributed by atoms with Crippen molar-refractivity contribution in [2.24, 2.45) is 0 Å². The molecule has 0 radical (unpaired) electrons. The van der Waals surface area contributed by atoms with Gasteiger partial charge in [-0.15, -0.1) is 0 Å². The SMILES string of the molecule is CS(=O)(=O)c1c(CC2CCCN2)ccc2c1OCCO2. The Bertz CT molecular complexity index is 606. The quantitative estimate of drug-likeness (QED) is 0.907. The Labute approximate surface area is 119 Å². The van der Waals surface area contributed by atoms with Crippen LogP contribution in [0, 0.1) is 0 Å². The molecule has 5 nitrogen and oxygen atoms in total. The third-order valence-electron chi connectivity index (χ3n) is 3.74. The van der Waals surface area contributed by atoms with Crippen molar-refractivity contribution in [2.75, 3.05) is 26.0 Å². The molecule has 2 aliphatic heterocycles. The van der Waals surface area contributed by atoms with Crippen molar-refractivity contribution in [3.63, 3.8) is 0 Å². The monoisotopic (exact) mass is 297 g/mol. The molecule has 0 amide bonds. The van der Waals surface area contributed by atoms with E-state index in [1.165, 1.54) is 6.26 Å². The van der Waals surface area contributed by atoms with Crippen LogP contribution in [0.3, 0.4) is 0 Å². The third-order valence-corrected chi connectivity index (χ3v) is 4.93. The van der Waals surface area contributed by atoms with Crippen molar-refractivity contribution in [3.8, 4) is 11.5 Å². The summed E-state index contributed by atoms with van der Waals surface area (Å²) in [6, 6.07) is 4.01. The van der Waals surface area contributed by atoms with Gasteiger partial charge in [-0.2, -0.15) is 0 Å². The Hall–Kier alpha value is -1.27. The molecule has 1 aromatic rings. The Morgan fingerprint density at radius 1 is 1.30 bits per heavy atom. The van der Waals surface area contributed by atoms with Gasteiger partial charge < -0.3 is 14.8 Å². The molecule has 110 valence electrons. The fraction of sp³-hybridized carbons (Fsp3) is 0.571. The summed E-state index contributed by atoms with van der Waals surface area (Å²) in [5, 5.41) is 3.40. The van der Waals surface area contributed by atoms with Gasteiger partial charge in [0.15, 0.2) is 21.3 Å². The van der Waals surface area contributed by atoms with E-state index in [1.807, 2.05) is 12.1 Å². The zero-order valence-electron chi connectivity index (χ0n) is 11.5. The van der Waals surface area contributed by atoms with Crippen LogP contribution in [0.25, 0.3) is 0 Å². The number of hydrogen-bond donors (Lipinski definition) is 1. The Balaban J connectivity index is 2.04. The maximum atomic E-state index is 12.1. The van der Waals surface area contributed by atoms with Crippen LogP contribution in [-0.4, -0.2) is 40.5 Å². The van der Waals surface area contributed by atoms with Crippen molar-refractivity contribution in [1.82, 2.24) is 5.32 Å². The lowest BCUT2D eigenvalue weighted by molar-refractivity contribution is 0.166. The van der Waals surface area contributed by atoms with Crippen LogP contribution < -0.4 is 14.8 Å². The maximum Gasteiger partial charge on any atom is 0.180 e. The van der Waals surface area contributed by atoms with E-state index in [0.29, 0.717) is 42.1 Å². The molecule has 1 unspecified atom stereocenters. The fourth-order valence-corrected chi connectivity index (χ4v) is 4.02. The van der Waals surface area contributed by atoms with Gasteiger partial charge in [-0.1, -0.05) is 6.07 Å². The van der Waals surface area contributed by atoms with Crippen LogP contribution in [0.4, 0.5) is 0 Å². The summed E-state index contributed by atoms with van der Waals surface area (Å²) in [5.41, 5.74) is 0.816. The predicted molar refractivity (Wildman–Crippen MR) is 75.3 cm³/mol. The first-order valence-corrected chi connectivity index (χ1v) is 8.80. The highest BCUT2D eigenvalue weighted by atomic mass is 32.2. The molecule has 3 rings (SSSR count). The van der Waals surface area contributed by atoms with Gasteiger partial charge in [0.1, 0.15) is 18.1 Å². The van der Waals surface area contributed by atoms with Gasteiger partial charge in [-0.3, -0.25) is 0 Å². The summed E-state index contributed by atoms with van der Waals surface area (Å²) in [6.45, 7) is 1.85. The van der Waals surface area contributed by atoms with Crippen LogP contribution in [0.5, 0.6) is 11.5 Å². The lowest BCUT2D eigenvalue weighted by Gasteiger charge is -2.23. The molecule has 1 N–H and O–H groups in total. The highest BCUT2D eigenvalue weighted by Gasteiger charge is 2.27. The molecule has 0 aromatic heterocycles. The number of rotatable bonds is 3. The van der Waals surface area contributed by atoms with E-state index >= 15 is 0 Å². The van der Waals surface area contributed by atoms with Crippen LogP contribution in [0.2, 0.25) is 0 Å². The van der Waals surface area contributed by atoms with Crippen molar-refractivity contribution < 1.29 is 17.9 Å². The molecule has 0 saturated carbocycles. The zero-order chi connectivity index (χ0) is 14.2. The number of hydrogen-bond acceptors (Lipinski definition) is 5. The van der Waals surface area contributed by atoms with Gasteiger partial charge in [0.25, 0.3) is 0 Å². The minimum Gasteiger partial charge on any atom is -0.486 e. The second-order valence-electron chi connectivity index (χ2n) is 5.35. The number of sulfone groups is 1. The van der Waals surface area contributed by atoms with Crippen molar-refractivity contribution >= 4 is 9.84 Å². The lowest BCUT2D eigenvalue weighted by atomic mass is 10.0. The van der Waals surface area contributed by atoms with Crippen LogP contribution in [0.1, 0.15) is 18.4 Å². The van der Waals surface area contributed by atoms with E-state index in [1.54, 1.807) is 0 Å². The van der Waals surface area contributed by atoms with Gasteiger partial charge in [0.05, 0.1) is 0 Å². The standard InChI is InChI=1S/C14H19NO4S/c1-20(16,17)14-10(9-11-3-2-6-15-11)4-5-12-13(14)19-8-7-18-12/h4-5,11,15H,2-3,6-9H2,1H3. The van der Waals surface area contributed by atoms with E-state index in [0.717, 1.165) is 24.9 Å². The minimum atomic E-state index is -3.35. The van der Waals surface area contributed by atoms with Crippen LogP contribution in [0.15, 0.2) is 17.0 Å². The molecule has 2 aliphatic rings. The highest BCUT2D eigenvalue weighted by Crippen LogP contribution is 2.39. The first kappa shape index (κ1) is 13.7. The summed E-state index contributed by atoms with van der Waals surface area (Å²) >= 11 is 0. The Kier molecular flexibility index (Phi) is 3.60. The van der Waals surface area contributed by atoms with Gasteiger partial charge in [0.2, 0.25) is 0 Å². The van der Waals surface area contributed by atoms with Crippen molar-refractivity contribution in [3.05, 3.63) is 17.7 Å². The highest BCUT2D eigenvalue weighted by molar-refractivity contribution is 7.90. The van der Waals surface area contributed by atoms with Gasteiger partial charge in [-0.25, -0.2) is 8.42 Å². The first-order chi connectivity index (χ1) is 9.55. The van der Waals surface area contributed by atoms with E-state index < -0.39 is 9.84 Å². The molecular weight excluding hydrogens is 278 g/mol. The summed E-state index contributed by atoms with van der Waals surface area (Å²) in [5.74, 6) is 0.911. The summed E-state index contributed by atoms with van der Waals surface area (Å²) in [7, 11) is -3.35. The van der Waals surface area contributed by atoms with E-state index in [2.05, 4.69) is 5.32 Å². The van der Waals surface area contributed by atoms with Crippen molar-refractivity contribution in [1.29, 1.82) is 0 Å². The molecule has 0 spiro atoms. The molecule has 1 fully saturated rings. The zero-order valence-corrected chi connectivity index (χ0v) is 12.3. The molecule has 0 aliphatic carbocycles. The van der Waals surface area contributed by atoms with Gasteiger partial charge in [0, 0.05) is 12.3 Å². The van der Waals surface area contributed by atoms with E-state index in [-0.39, 0.29) is 0 Å². The van der Waals surface area contributed by atoms with Gasteiger partial charge >= 0.3 is 0 Å². The number of benzene rings is 1. The Morgan fingerprint density at radius 2 is 2.10 bits per heavy atom. The minimum absolute atomic E-state index is 0.295. The molecule has 1 aromatic carbocycles. The normalized spacial score (nSPS) is 21.9. The smallest absolute Gasteiger partial charge is 0.180 e. The predicted octanol–water partition coefficient (Wildman–Crippen LogP) is 1.16. The summed E-state index contributed by atoms with van der Waals surface area (Å²) in [4.78, 5) is 0.295. The van der Waals surface area contributed by atoms with E-state index in [9.17, 15) is 8.42 Å². The molecule has 2 heterocycles. The first-order valence-electron chi connectivity index (χ1n) is 6.90. The number of fused-ring (bicyclic) bond motifs is 1. The summed E-state index contributed by atoms with van der Waals surface area (Å²) < 4.78 is 35.3.